The molecule has 0 aliphatic rings. The van der Waals surface area contributed by atoms with Crippen LogP contribution in [0.2, 0.25) is 0 Å². The number of carbonyl (C=O) groups excluding carboxylic acids is 2. The molecule has 0 spiro atoms. The summed E-state index contributed by atoms with van der Waals surface area (Å²) in [7, 11) is 0. The van der Waals surface area contributed by atoms with Gasteiger partial charge in [0.25, 0.3) is 5.91 Å². The van der Waals surface area contributed by atoms with E-state index >= 15 is 0 Å². The van der Waals surface area contributed by atoms with Gasteiger partial charge in [-0.15, -0.1) is 0 Å². The van der Waals surface area contributed by atoms with Crippen LogP contribution in [0, 0.1) is 0 Å². The van der Waals surface area contributed by atoms with Crippen molar-refractivity contribution in [3.8, 4) is 0 Å². The number of nitrogens with one attached hydrogen (secondary N) is 1. The summed E-state index contributed by atoms with van der Waals surface area (Å²) in [5.41, 5.74) is 0. The van der Waals surface area contributed by atoms with Crippen LogP contribution in [0.4, 0.5) is 0 Å². The van der Waals surface area contributed by atoms with Gasteiger partial charge in [-0.1, -0.05) is 0 Å². The van der Waals surface area contributed by atoms with Crippen LogP contribution in [-0.2, 0) is 9.53 Å². The van der Waals surface area contributed by atoms with Gasteiger partial charge < -0.3 is 14.5 Å². The summed E-state index contributed by atoms with van der Waals surface area (Å²) >= 11 is 3.12. The SMILES string of the molecule is CC(C)OC(=O)CCCNC(=O)c1ccc(Br)o1. The zero-order chi connectivity index (χ0) is 13.5. The van der Waals surface area contributed by atoms with Crippen molar-refractivity contribution in [2.45, 2.75) is 32.8 Å². The maximum absolute atomic E-state index is 11.5. The zero-order valence-corrected chi connectivity index (χ0v) is 12.0. The third-order valence-corrected chi connectivity index (χ3v) is 2.43. The van der Waals surface area contributed by atoms with Crippen LogP contribution in [0.5, 0.6) is 0 Å². The fraction of sp³-hybridized carbons (Fsp3) is 0.500. The van der Waals surface area contributed by atoms with Crippen LogP contribution in [0.1, 0.15) is 37.2 Å². The predicted molar refractivity (Wildman–Crippen MR) is 69.2 cm³/mol. The van der Waals surface area contributed by atoms with Gasteiger partial charge in [-0.2, -0.15) is 0 Å². The maximum Gasteiger partial charge on any atom is 0.306 e. The molecule has 1 aromatic heterocycles. The lowest BCUT2D eigenvalue weighted by Crippen LogP contribution is -2.24. The maximum atomic E-state index is 11.5. The second kappa shape index (κ2) is 7.20. The van der Waals surface area contributed by atoms with E-state index in [1.165, 1.54) is 0 Å². The second-order valence-corrected chi connectivity index (χ2v) is 4.78. The number of esters is 1. The third kappa shape index (κ3) is 5.35. The minimum atomic E-state index is -0.294. The van der Waals surface area contributed by atoms with Gasteiger partial charge in [-0.25, -0.2) is 0 Å². The molecule has 0 bridgehead atoms. The van der Waals surface area contributed by atoms with E-state index in [9.17, 15) is 9.59 Å². The molecular weight excluding hydrogens is 302 g/mol. The molecule has 1 N–H and O–H groups in total. The zero-order valence-electron chi connectivity index (χ0n) is 10.4. The Kier molecular flexibility index (Phi) is 5.91. The topological polar surface area (TPSA) is 68.5 Å². The molecule has 0 radical (unpaired) electrons. The molecule has 1 aromatic rings. The molecule has 0 fully saturated rings. The van der Waals surface area contributed by atoms with Crippen molar-refractivity contribution in [2.24, 2.45) is 0 Å². The van der Waals surface area contributed by atoms with E-state index in [0.29, 0.717) is 24.1 Å². The summed E-state index contributed by atoms with van der Waals surface area (Å²) in [5.74, 6) is -0.301. The predicted octanol–water partition coefficient (Wildman–Crippen LogP) is 2.50. The van der Waals surface area contributed by atoms with Gasteiger partial charge >= 0.3 is 5.97 Å². The Morgan fingerprint density at radius 3 is 2.72 bits per heavy atom. The van der Waals surface area contributed by atoms with E-state index in [-0.39, 0.29) is 23.7 Å². The lowest BCUT2D eigenvalue weighted by Gasteiger charge is -2.07. The number of amides is 1. The van der Waals surface area contributed by atoms with Crippen molar-refractivity contribution in [2.75, 3.05) is 6.54 Å². The van der Waals surface area contributed by atoms with Gasteiger partial charge in [0.15, 0.2) is 10.4 Å². The summed E-state index contributed by atoms with van der Waals surface area (Å²) < 4.78 is 10.6. The fourth-order valence-corrected chi connectivity index (χ4v) is 1.59. The van der Waals surface area contributed by atoms with Gasteiger partial charge in [0.05, 0.1) is 6.10 Å². The molecule has 0 aromatic carbocycles. The first-order valence-electron chi connectivity index (χ1n) is 5.72. The van der Waals surface area contributed by atoms with Gasteiger partial charge in [-0.05, 0) is 48.3 Å². The van der Waals surface area contributed by atoms with Crippen molar-refractivity contribution in [3.63, 3.8) is 0 Å². The molecule has 0 unspecified atom stereocenters. The van der Waals surface area contributed by atoms with Crippen molar-refractivity contribution in [3.05, 3.63) is 22.6 Å². The van der Waals surface area contributed by atoms with Gasteiger partial charge in [-0.3, -0.25) is 9.59 Å². The highest BCUT2D eigenvalue weighted by molar-refractivity contribution is 9.10. The largest absolute Gasteiger partial charge is 0.463 e. The Morgan fingerprint density at radius 1 is 1.44 bits per heavy atom. The van der Waals surface area contributed by atoms with E-state index < -0.39 is 0 Å². The highest BCUT2D eigenvalue weighted by Gasteiger charge is 2.10. The van der Waals surface area contributed by atoms with Crippen LogP contribution >= 0.6 is 15.9 Å². The molecule has 6 heteroatoms. The van der Waals surface area contributed by atoms with E-state index in [0.717, 1.165) is 0 Å². The summed E-state index contributed by atoms with van der Waals surface area (Å²) in [6, 6.07) is 3.22. The molecule has 100 valence electrons. The monoisotopic (exact) mass is 317 g/mol. The first kappa shape index (κ1) is 14.8. The molecule has 5 nitrogen and oxygen atoms in total. The smallest absolute Gasteiger partial charge is 0.306 e. The minimum absolute atomic E-state index is 0.104. The Morgan fingerprint density at radius 2 is 2.17 bits per heavy atom. The molecular formula is C12H16BrNO4. The van der Waals surface area contributed by atoms with Gasteiger partial charge in [0.1, 0.15) is 0 Å². The molecule has 1 rings (SSSR count). The Balaban J connectivity index is 2.18. The van der Waals surface area contributed by atoms with Crippen LogP contribution in [0.25, 0.3) is 0 Å². The Labute approximate surface area is 114 Å². The van der Waals surface area contributed by atoms with Crippen LogP contribution in [0.3, 0.4) is 0 Å². The number of ether oxygens (including phenoxy) is 1. The normalized spacial score (nSPS) is 10.4. The Bertz CT molecular complexity index is 414. The summed E-state index contributed by atoms with van der Waals surface area (Å²) in [4.78, 5) is 22.8. The third-order valence-electron chi connectivity index (χ3n) is 2.01. The minimum Gasteiger partial charge on any atom is -0.463 e. The number of hydrogen-bond donors (Lipinski definition) is 1. The first-order chi connectivity index (χ1) is 8.49. The number of halogens is 1. The van der Waals surface area contributed by atoms with Crippen molar-refractivity contribution >= 4 is 27.8 Å². The van der Waals surface area contributed by atoms with E-state index in [2.05, 4.69) is 21.2 Å². The summed E-state index contributed by atoms with van der Waals surface area (Å²) in [6.07, 6.45) is 0.729. The summed E-state index contributed by atoms with van der Waals surface area (Å²) in [5, 5.41) is 2.66. The van der Waals surface area contributed by atoms with Gasteiger partial charge in [0, 0.05) is 13.0 Å². The van der Waals surface area contributed by atoms with Crippen molar-refractivity contribution < 1.29 is 18.7 Å². The van der Waals surface area contributed by atoms with Gasteiger partial charge in [0.2, 0.25) is 0 Å². The lowest BCUT2D eigenvalue weighted by atomic mass is 10.3. The number of rotatable bonds is 6. The molecule has 0 saturated carbocycles. The molecule has 0 atom stereocenters. The average Bonchev–Trinajstić information content (AvgIpc) is 2.70. The molecule has 1 amide bonds. The van der Waals surface area contributed by atoms with E-state index in [1.807, 2.05) is 0 Å². The highest BCUT2D eigenvalue weighted by atomic mass is 79.9. The molecule has 18 heavy (non-hydrogen) atoms. The number of carbonyl (C=O) groups is 2. The van der Waals surface area contributed by atoms with Crippen molar-refractivity contribution in [1.29, 1.82) is 0 Å². The molecule has 0 aliphatic carbocycles. The molecule has 1 heterocycles. The number of hydrogen-bond acceptors (Lipinski definition) is 4. The average molecular weight is 318 g/mol. The highest BCUT2D eigenvalue weighted by Crippen LogP contribution is 2.13. The molecule has 0 aliphatic heterocycles. The Hall–Kier alpha value is -1.30. The quantitative estimate of drug-likeness (QED) is 0.646. The standard InChI is InChI=1S/C12H16BrNO4/c1-8(2)17-11(15)4-3-7-14-12(16)9-5-6-10(13)18-9/h5-6,8H,3-4,7H2,1-2H3,(H,14,16). The summed E-state index contributed by atoms with van der Waals surface area (Å²) in [6.45, 7) is 4.01. The van der Waals surface area contributed by atoms with Crippen molar-refractivity contribution in [1.82, 2.24) is 5.32 Å². The fourth-order valence-electron chi connectivity index (χ4n) is 1.28. The van der Waals surface area contributed by atoms with Crippen LogP contribution < -0.4 is 5.32 Å². The second-order valence-electron chi connectivity index (χ2n) is 4.00. The van der Waals surface area contributed by atoms with Crippen LogP contribution in [0.15, 0.2) is 21.2 Å². The number of furan rings is 1. The van der Waals surface area contributed by atoms with Crippen LogP contribution in [-0.4, -0.2) is 24.5 Å². The van der Waals surface area contributed by atoms with E-state index in [4.69, 9.17) is 9.15 Å². The molecule has 0 saturated heterocycles. The first-order valence-corrected chi connectivity index (χ1v) is 6.51. The van der Waals surface area contributed by atoms with E-state index in [1.54, 1.807) is 26.0 Å². The lowest BCUT2D eigenvalue weighted by molar-refractivity contribution is -0.147.